The van der Waals surface area contributed by atoms with Crippen LogP contribution in [0, 0.1) is 6.92 Å². The van der Waals surface area contributed by atoms with E-state index in [0.717, 1.165) is 27.4 Å². The number of benzene rings is 2. The molecular weight excluding hydrogens is 480 g/mol. The number of amides is 1. The number of rotatable bonds is 7. The quantitative estimate of drug-likeness (QED) is 0.350. The highest BCUT2D eigenvalue weighted by molar-refractivity contribution is 7.15. The number of aromatic nitrogens is 2. The Morgan fingerprint density at radius 2 is 1.74 bits per heavy atom. The summed E-state index contributed by atoms with van der Waals surface area (Å²) in [7, 11) is 0. The number of aliphatic hydroxyl groups excluding tert-OH is 1. The summed E-state index contributed by atoms with van der Waals surface area (Å²) in [5.74, 6) is -0.396. The molecule has 1 amide bonds. The first-order valence-electron chi connectivity index (χ1n) is 11.0. The highest BCUT2D eigenvalue weighted by atomic mass is 32.1. The summed E-state index contributed by atoms with van der Waals surface area (Å²) in [6.07, 6.45) is 0. The largest absolute Gasteiger partial charge is 0.396 e. The Balaban J connectivity index is 1.48. The number of nitrogens with zero attached hydrogens (tertiary/aromatic N) is 5. The zero-order chi connectivity index (χ0) is 24.4. The van der Waals surface area contributed by atoms with Crippen molar-refractivity contribution in [2.24, 2.45) is 10.2 Å². The average molecular weight is 503 g/mol. The molecule has 0 spiro atoms. The van der Waals surface area contributed by atoms with E-state index in [2.05, 4.69) is 25.6 Å². The number of carbonyl (C=O) groups excluding carboxylic acids is 1. The zero-order valence-electron chi connectivity index (χ0n) is 19.0. The smallest absolute Gasteiger partial charge is 0.303 e. The average Bonchev–Trinajstić information content (AvgIpc) is 3.60. The molecule has 0 fully saturated rings. The number of hydrazone groups is 2. The van der Waals surface area contributed by atoms with Crippen LogP contribution in [0.5, 0.6) is 0 Å². The number of hydrogen-bond acceptors (Lipinski definition) is 9. The maximum absolute atomic E-state index is 13.4. The summed E-state index contributed by atoms with van der Waals surface area (Å²) in [6.45, 7) is 3.86. The lowest BCUT2D eigenvalue weighted by Crippen LogP contribution is -2.28. The minimum Gasteiger partial charge on any atom is -0.396 e. The Hall–Kier alpha value is -3.73. The second-order valence-electron chi connectivity index (χ2n) is 7.94. The van der Waals surface area contributed by atoms with Gasteiger partial charge in [-0.25, -0.2) is 9.97 Å². The number of anilines is 2. The Morgan fingerprint density at radius 3 is 2.43 bits per heavy atom. The number of hydrogen-bond donors (Lipinski definition) is 2. The first-order valence-corrected chi connectivity index (χ1v) is 12.7. The SMILES string of the molecule is Cc1nc(N/N=C2\C(=O)N(c3nc(-c4ccccc4)cs3)N=C2c2ccccc2)sc1C(C)CO. The molecule has 3 heterocycles. The fourth-order valence-corrected chi connectivity index (χ4v) is 5.35. The van der Waals surface area contributed by atoms with Crippen LogP contribution >= 0.6 is 22.7 Å². The maximum atomic E-state index is 13.4. The number of carbonyl (C=O) groups is 1. The number of aryl methyl sites for hydroxylation is 1. The first kappa shape index (κ1) is 23.0. The standard InChI is InChI=1S/C25H22N6O2S2/c1-15(13-32)22-16(2)26-24(35-22)29-28-21-20(18-11-7-4-8-12-18)30-31(23(21)33)25-27-19(14-34-25)17-9-5-3-6-10-17/h3-12,14-15,32H,13H2,1-2H3,(H,26,29)/b28-21-. The van der Waals surface area contributed by atoms with Gasteiger partial charge >= 0.3 is 5.91 Å². The van der Waals surface area contributed by atoms with E-state index in [1.165, 1.54) is 27.7 Å². The van der Waals surface area contributed by atoms with E-state index in [1.807, 2.05) is 79.9 Å². The van der Waals surface area contributed by atoms with Gasteiger partial charge in [0.15, 0.2) is 5.71 Å². The van der Waals surface area contributed by atoms with Crippen LogP contribution in [-0.2, 0) is 4.79 Å². The molecule has 1 atom stereocenters. The maximum Gasteiger partial charge on any atom is 0.303 e. The topological polar surface area (TPSA) is 103 Å². The zero-order valence-corrected chi connectivity index (χ0v) is 20.7. The molecule has 0 bridgehead atoms. The van der Waals surface area contributed by atoms with E-state index in [9.17, 15) is 9.90 Å². The number of thiazole rings is 2. The second kappa shape index (κ2) is 9.87. The summed E-state index contributed by atoms with van der Waals surface area (Å²) in [5, 5.41) is 22.7. The van der Waals surface area contributed by atoms with Crippen LogP contribution in [-0.4, -0.2) is 39.0 Å². The van der Waals surface area contributed by atoms with Gasteiger partial charge in [0.1, 0.15) is 5.71 Å². The molecule has 1 unspecified atom stereocenters. The van der Waals surface area contributed by atoms with Crippen molar-refractivity contribution in [3.05, 3.63) is 82.2 Å². The third-order valence-corrected chi connectivity index (χ3v) is 7.54. The minimum atomic E-state index is -0.373. The van der Waals surface area contributed by atoms with E-state index in [1.54, 1.807) is 0 Å². The molecule has 1 aliphatic rings. The van der Waals surface area contributed by atoms with Gasteiger partial charge in [-0.3, -0.25) is 10.2 Å². The molecule has 0 saturated heterocycles. The van der Waals surface area contributed by atoms with Crippen molar-refractivity contribution in [1.29, 1.82) is 0 Å². The molecule has 1 aliphatic heterocycles. The monoisotopic (exact) mass is 502 g/mol. The molecule has 35 heavy (non-hydrogen) atoms. The molecule has 0 aliphatic carbocycles. The van der Waals surface area contributed by atoms with Gasteiger partial charge in [-0.15, -0.1) is 11.3 Å². The van der Waals surface area contributed by atoms with Crippen molar-refractivity contribution in [2.75, 3.05) is 17.0 Å². The molecule has 8 nitrogen and oxygen atoms in total. The Bertz CT molecular complexity index is 1410. The van der Waals surface area contributed by atoms with Crippen molar-refractivity contribution in [3.63, 3.8) is 0 Å². The van der Waals surface area contributed by atoms with Crippen LogP contribution in [0.2, 0.25) is 0 Å². The molecule has 0 saturated carbocycles. The lowest BCUT2D eigenvalue weighted by Gasteiger charge is -2.06. The number of aliphatic hydroxyl groups is 1. The molecule has 4 aromatic rings. The molecule has 2 aromatic carbocycles. The van der Waals surface area contributed by atoms with Crippen LogP contribution in [0.3, 0.4) is 0 Å². The fourth-order valence-electron chi connectivity index (χ4n) is 3.62. The summed E-state index contributed by atoms with van der Waals surface area (Å²) in [4.78, 5) is 23.6. The van der Waals surface area contributed by atoms with Gasteiger partial charge in [-0.1, -0.05) is 78.9 Å². The molecule has 2 N–H and O–H groups in total. The first-order chi connectivity index (χ1) is 17.0. The van der Waals surface area contributed by atoms with Crippen molar-refractivity contribution in [2.45, 2.75) is 19.8 Å². The van der Waals surface area contributed by atoms with Crippen molar-refractivity contribution >= 4 is 50.3 Å². The van der Waals surface area contributed by atoms with Gasteiger partial charge in [0.2, 0.25) is 10.3 Å². The Labute approximate surface area is 210 Å². The molecule has 10 heteroatoms. The van der Waals surface area contributed by atoms with Crippen LogP contribution in [0.15, 0.2) is 76.2 Å². The van der Waals surface area contributed by atoms with Crippen LogP contribution in [0.1, 0.15) is 29.0 Å². The van der Waals surface area contributed by atoms with Crippen LogP contribution in [0.25, 0.3) is 11.3 Å². The Morgan fingerprint density at radius 1 is 1.06 bits per heavy atom. The van der Waals surface area contributed by atoms with E-state index >= 15 is 0 Å². The minimum absolute atomic E-state index is 0.0236. The lowest BCUT2D eigenvalue weighted by atomic mass is 10.1. The Kier molecular flexibility index (Phi) is 6.49. The summed E-state index contributed by atoms with van der Waals surface area (Å²) >= 11 is 2.76. The highest BCUT2D eigenvalue weighted by Crippen LogP contribution is 2.31. The highest BCUT2D eigenvalue weighted by Gasteiger charge is 2.36. The van der Waals surface area contributed by atoms with Crippen LogP contribution < -0.4 is 10.4 Å². The van der Waals surface area contributed by atoms with Gasteiger partial charge in [-0.05, 0) is 6.92 Å². The molecular formula is C25H22N6O2S2. The molecule has 2 aromatic heterocycles. The normalized spacial score (nSPS) is 15.5. The summed E-state index contributed by atoms with van der Waals surface area (Å²) in [6, 6.07) is 19.2. The second-order valence-corrected chi connectivity index (χ2v) is 9.80. The predicted octanol–water partition coefficient (Wildman–Crippen LogP) is 4.89. The molecule has 5 rings (SSSR count). The van der Waals surface area contributed by atoms with Gasteiger partial charge < -0.3 is 5.11 Å². The van der Waals surface area contributed by atoms with Crippen molar-refractivity contribution in [3.8, 4) is 11.3 Å². The van der Waals surface area contributed by atoms with Gasteiger partial charge in [0.25, 0.3) is 0 Å². The predicted molar refractivity (Wildman–Crippen MR) is 141 cm³/mol. The number of nitrogens with one attached hydrogen (secondary N) is 1. The van der Waals surface area contributed by atoms with E-state index in [0.29, 0.717) is 16.0 Å². The fraction of sp³-hybridized carbons (Fsp3) is 0.160. The summed E-state index contributed by atoms with van der Waals surface area (Å²) < 4.78 is 0. The van der Waals surface area contributed by atoms with Gasteiger partial charge in [0, 0.05) is 27.3 Å². The van der Waals surface area contributed by atoms with Gasteiger partial charge in [0.05, 0.1) is 18.0 Å². The molecule has 176 valence electrons. The molecule has 0 radical (unpaired) electrons. The third-order valence-electron chi connectivity index (χ3n) is 5.43. The third kappa shape index (κ3) is 4.63. The van der Waals surface area contributed by atoms with Crippen molar-refractivity contribution in [1.82, 2.24) is 9.97 Å². The lowest BCUT2D eigenvalue weighted by molar-refractivity contribution is -0.112. The van der Waals surface area contributed by atoms with E-state index < -0.39 is 0 Å². The van der Waals surface area contributed by atoms with E-state index in [4.69, 9.17) is 0 Å². The van der Waals surface area contributed by atoms with Gasteiger partial charge in [-0.2, -0.15) is 15.2 Å². The summed E-state index contributed by atoms with van der Waals surface area (Å²) in [5.41, 5.74) is 6.91. The van der Waals surface area contributed by atoms with Crippen molar-refractivity contribution < 1.29 is 9.90 Å². The van der Waals surface area contributed by atoms with Crippen LogP contribution in [0.4, 0.5) is 10.3 Å². The van der Waals surface area contributed by atoms with E-state index in [-0.39, 0.29) is 24.1 Å².